The van der Waals surface area contributed by atoms with Crippen LogP contribution in [0.25, 0.3) is 11.3 Å². The van der Waals surface area contributed by atoms with E-state index in [9.17, 15) is 25.0 Å². The molecule has 0 aliphatic carbocycles. The molecule has 136 valence electrons. The van der Waals surface area contributed by atoms with Gasteiger partial charge in [0, 0.05) is 23.8 Å². The first-order chi connectivity index (χ1) is 13.0. The highest BCUT2D eigenvalue weighted by atomic mass is 16.6. The highest BCUT2D eigenvalue weighted by Gasteiger charge is 2.18. The molecule has 0 radical (unpaired) electrons. The Morgan fingerprint density at radius 3 is 2.30 bits per heavy atom. The van der Waals surface area contributed by atoms with Gasteiger partial charge in [-0.25, -0.2) is 4.79 Å². The van der Waals surface area contributed by atoms with Crippen molar-refractivity contribution in [2.24, 2.45) is 0 Å². The molecule has 2 aromatic carbocycles. The quantitative estimate of drug-likeness (QED) is 0.364. The molecular formula is C18H12N2O7. The fourth-order valence-corrected chi connectivity index (χ4v) is 2.38. The summed E-state index contributed by atoms with van der Waals surface area (Å²) in [6, 6.07) is 14.5. The zero-order chi connectivity index (χ0) is 19.4. The molecule has 1 heterocycles. The summed E-state index contributed by atoms with van der Waals surface area (Å²) in [4.78, 5) is 32.7. The molecule has 1 aromatic heterocycles. The molecule has 0 unspecified atom stereocenters. The van der Waals surface area contributed by atoms with Crippen LogP contribution in [-0.4, -0.2) is 15.8 Å². The number of benzene rings is 2. The number of ether oxygens (including phenoxy) is 1. The second-order valence-corrected chi connectivity index (χ2v) is 5.43. The van der Waals surface area contributed by atoms with Crippen LogP contribution in [0.5, 0.6) is 0 Å². The maximum Gasteiger partial charge on any atom is 0.374 e. The summed E-state index contributed by atoms with van der Waals surface area (Å²) in [5.74, 6) is -0.522. The molecule has 0 atom stereocenters. The van der Waals surface area contributed by atoms with Gasteiger partial charge < -0.3 is 9.15 Å². The number of esters is 1. The molecule has 0 N–H and O–H groups in total. The van der Waals surface area contributed by atoms with Crippen molar-refractivity contribution in [3.8, 4) is 11.3 Å². The van der Waals surface area contributed by atoms with E-state index in [0.717, 1.165) is 0 Å². The maximum absolute atomic E-state index is 12.1. The molecule has 9 nitrogen and oxygen atoms in total. The van der Waals surface area contributed by atoms with Crippen LogP contribution in [0.3, 0.4) is 0 Å². The maximum atomic E-state index is 12.1. The van der Waals surface area contributed by atoms with Gasteiger partial charge in [0.1, 0.15) is 12.4 Å². The fraction of sp³-hybridized carbons (Fsp3) is 0.0556. The Kier molecular flexibility index (Phi) is 4.93. The SMILES string of the molecule is O=C(OCc1ccccc1[N+](=O)[O-])c1ccc(-c2ccc([N+](=O)[O-])cc2)o1. The highest BCUT2D eigenvalue weighted by molar-refractivity contribution is 5.87. The van der Waals surface area contributed by atoms with Crippen molar-refractivity contribution >= 4 is 17.3 Å². The second kappa shape index (κ2) is 7.48. The van der Waals surface area contributed by atoms with Crippen LogP contribution in [0, 0.1) is 20.2 Å². The van der Waals surface area contributed by atoms with Gasteiger partial charge in [0.15, 0.2) is 0 Å². The van der Waals surface area contributed by atoms with Gasteiger partial charge in [0.25, 0.3) is 11.4 Å². The lowest BCUT2D eigenvalue weighted by Gasteiger charge is -2.04. The topological polar surface area (TPSA) is 126 Å². The van der Waals surface area contributed by atoms with Crippen molar-refractivity contribution in [2.45, 2.75) is 6.61 Å². The van der Waals surface area contributed by atoms with Gasteiger partial charge in [-0.15, -0.1) is 0 Å². The Hall–Kier alpha value is -4.01. The van der Waals surface area contributed by atoms with Crippen LogP contribution in [0.1, 0.15) is 16.1 Å². The average molecular weight is 368 g/mol. The third kappa shape index (κ3) is 3.98. The van der Waals surface area contributed by atoms with Crippen LogP contribution < -0.4 is 0 Å². The van der Waals surface area contributed by atoms with Crippen LogP contribution in [-0.2, 0) is 11.3 Å². The van der Waals surface area contributed by atoms with E-state index in [1.165, 1.54) is 54.6 Å². The van der Waals surface area contributed by atoms with Gasteiger partial charge >= 0.3 is 5.97 Å². The number of nitro benzene ring substituents is 2. The van der Waals surface area contributed by atoms with Crippen molar-refractivity contribution in [2.75, 3.05) is 0 Å². The first kappa shape index (κ1) is 17.8. The number of carbonyl (C=O) groups is 1. The number of hydrogen-bond acceptors (Lipinski definition) is 7. The van der Waals surface area contributed by atoms with E-state index >= 15 is 0 Å². The molecular weight excluding hydrogens is 356 g/mol. The molecule has 0 bridgehead atoms. The Labute approximate surface area is 152 Å². The van der Waals surface area contributed by atoms with Gasteiger partial charge in [0.2, 0.25) is 5.76 Å². The summed E-state index contributed by atoms with van der Waals surface area (Å²) in [7, 11) is 0. The van der Waals surface area contributed by atoms with E-state index in [4.69, 9.17) is 9.15 Å². The number of para-hydroxylation sites is 1. The summed E-state index contributed by atoms with van der Waals surface area (Å²) in [5.41, 5.74) is 0.613. The lowest BCUT2D eigenvalue weighted by molar-refractivity contribution is -0.385. The average Bonchev–Trinajstić information content (AvgIpc) is 3.16. The number of furan rings is 1. The number of rotatable bonds is 6. The normalized spacial score (nSPS) is 10.4. The molecule has 27 heavy (non-hydrogen) atoms. The van der Waals surface area contributed by atoms with Gasteiger partial charge in [-0.2, -0.15) is 0 Å². The molecule has 0 aliphatic rings. The minimum absolute atomic E-state index is 0.0607. The third-order valence-electron chi connectivity index (χ3n) is 3.72. The summed E-state index contributed by atoms with van der Waals surface area (Å²) in [6.45, 7) is -0.274. The van der Waals surface area contributed by atoms with E-state index in [-0.39, 0.29) is 29.3 Å². The number of nitro groups is 2. The summed E-state index contributed by atoms with van der Waals surface area (Å²) >= 11 is 0. The van der Waals surface area contributed by atoms with Crippen LogP contribution in [0.2, 0.25) is 0 Å². The molecule has 0 saturated carbocycles. The predicted molar refractivity (Wildman–Crippen MR) is 93.0 cm³/mol. The Morgan fingerprint density at radius 1 is 0.926 bits per heavy atom. The molecule has 0 spiro atoms. The molecule has 3 rings (SSSR count). The predicted octanol–water partition coefficient (Wildman–Crippen LogP) is 4.12. The van der Waals surface area contributed by atoms with E-state index in [1.54, 1.807) is 6.07 Å². The van der Waals surface area contributed by atoms with E-state index in [0.29, 0.717) is 11.3 Å². The Bertz CT molecular complexity index is 1010. The largest absolute Gasteiger partial charge is 0.455 e. The van der Waals surface area contributed by atoms with Crippen LogP contribution in [0.15, 0.2) is 65.1 Å². The highest BCUT2D eigenvalue weighted by Crippen LogP contribution is 2.25. The van der Waals surface area contributed by atoms with Crippen molar-refractivity contribution in [3.63, 3.8) is 0 Å². The molecule has 9 heteroatoms. The van der Waals surface area contributed by atoms with Crippen LogP contribution in [0.4, 0.5) is 11.4 Å². The van der Waals surface area contributed by atoms with Gasteiger partial charge in [-0.05, 0) is 30.3 Å². The van der Waals surface area contributed by atoms with E-state index in [1.807, 2.05) is 0 Å². The van der Waals surface area contributed by atoms with Crippen molar-refractivity contribution < 1.29 is 23.8 Å². The lowest BCUT2D eigenvalue weighted by Crippen LogP contribution is -2.05. The van der Waals surface area contributed by atoms with Crippen molar-refractivity contribution in [1.29, 1.82) is 0 Å². The first-order valence-corrected chi connectivity index (χ1v) is 7.70. The zero-order valence-electron chi connectivity index (χ0n) is 13.7. The van der Waals surface area contributed by atoms with E-state index < -0.39 is 15.8 Å². The van der Waals surface area contributed by atoms with Crippen molar-refractivity contribution in [1.82, 2.24) is 0 Å². The standard InChI is InChI=1S/C18H12N2O7/c21-18(26-11-13-3-1-2-4-15(13)20(24)25)17-10-9-16(27-17)12-5-7-14(8-6-12)19(22)23/h1-10H,11H2. The zero-order valence-corrected chi connectivity index (χ0v) is 13.7. The number of non-ortho nitro benzene ring substituents is 1. The number of carbonyl (C=O) groups excluding carboxylic acids is 1. The van der Waals surface area contributed by atoms with E-state index in [2.05, 4.69) is 0 Å². The molecule has 3 aromatic rings. The molecule has 0 saturated heterocycles. The first-order valence-electron chi connectivity index (χ1n) is 7.70. The van der Waals surface area contributed by atoms with Crippen molar-refractivity contribution in [3.05, 3.63) is 92.2 Å². The fourth-order valence-electron chi connectivity index (χ4n) is 2.38. The van der Waals surface area contributed by atoms with Crippen LogP contribution >= 0.6 is 0 Å². The molecule has 0 aliphatic heterocycles. The number of nitrogens with zero attached hydrogens (tertiary/aromatic N) is 2. The summed E-state index contributed by atoms with van der Waals surface area (Å²) in [5, 5.41) is 21.6. The Morgan fingerprint density at radius 2 is 1.63 bits per heavy atom. The van der Waals surface area contributed by atoms with Gasteiger partial charge in [0.05, 0.1) is 15.4 Å². The lowest BCUT2D eigenvalue weighted by atomic mass is 10.1. The summed E-state index contributed by atoms with van der Waals surface area (Å²) in [6.07, 6.45) is 0. The summed E-state index contributed by atoms with van der Waals surface area (Å²) < 4.78 is 10.5. The minimum Gasteiger partial charge on any atom is -0.455 e. The molecule has 0 amide bonds. The van der Waals surface area contributed by atoms with Gasteiger partial charge in [-0.3, -0.25) is 20.2 Å². The van der Waals surface area contributed by atoms with Gasteiger partial charge in [-0.1, -0.05) is 12.1 Å². The Balaban J connectivity index is 1.70. The number of hydrogen-bond donors (Lipinski definition) is 0. The third-order valence-corrected chi connectivity index (χ3v) is 3.72. The second-order valence-electron chi connectivity index (χ2n) is 5.43. The molecule has 0 fully saturated rings. The minimum atomic E-state index is -0.777. The monoisotopic (exact) mass is 368 g/mol. The smallest absolute Gasteiger partial charge is 0.374 e.